The summed E-state index contributed by atoms with van der Waals surface area (Å²) in [7, 11) is 1.55. The van der Waals surface area contributed by atoms with Crippen LogP contribution in [0, 0.1) is 6.92 Å². The predicted octanol–water partition coefficient (Wildman–Crippen LogP) is 4.65. The van der Waals surface area contributed by atoms with E-state index in [0.717, 1.165) is 30.9 Å². The molecule has 2 aromatic rings. The van der Waals surface area contributed by atoms with Crippen molar-refractivity contribution in [3.8, 4) is 5.75 Å². The first-order valence-corrected chi connectivity index (χ1v) is 13.6. The maximum absolute atomic E-state index is 13.0. The van der Waals surface area contributed by atoms with Gasteiger partial charge in [0.1, 0.15) is 19.0 Å². The average molecular weight is 571 g/mol. The van der Waals surface area contributed by atoms with E-state index in [4.69, 9.17) is 25.8 Å². The smallest absolute Gasteiger partial charge is 0.341 e. The Morgan fingerprint density at radius 1 is 1.23 bits per heavy atom. The maximum Gasteiger partial charge on any atom is 0.341 e. The van der Waals surface area contributed by atoms with Gasteiger partial charge in [-0.3, -0.25) is 9.69 Å². The lowest BCUT2D eigenvalue weighted by molar-refractivity contribution is -0.143. The van der Waals surface area contributed by atoms with Crippen molar-refractivity contribution in [2.24, 2.45) is 0 Å². The number of rotatable bonds is 11. The number of fused-ring (bicyclic) bond motifs is 1. The number of allylic oxidation sites excluding steroid dienone is 2. The Morgan fingerprint density at radius 2 is 2.02 bits per heavy atom. The van der Waals surface area contributed by atoms with Crippen LogP contribution in [0.25, 0.3) is 0 Å². The fourth-order valence-electron chi connectivity index (χ4n) is 4.80. The number of nitrogens with zero attached hydrogens (tertiary/aromatic N) is 1. The van der Waals surface area contributed by atoms with Crippen molar-refractivity contribution in [1.82, 2.24) is 10.2 Å². The molecule has 0 unspecified atom stereocenters. The van der Waals surface area contributed by atoms with E-state index in [9.17, 15) is 14.4 Å². The van der Waals surface area contributed by atoms with Crippen molar-refractivity contribution >= 4 is 40.9 Å². The number of nitrogens with one attached hydrogen (secondary N) is 3. The average Bonchev–Trinajstić information content (AvgIpc) is 3.59. The molecule has 0 bridgehead atoms. The van der Waals surface area contributed by atoms with Gasteiger partial charge in [0.25, 0.3) is 0 Å². The number of carbonyl (C=O) groups is 3. The SMILES string of the molecule is COc1c(C)c2c(c(NC(=O)Nc3ccccc3Cl)c1C/C=C(\C)CCC(=O)OCCN1CCNC1)C(=O)OC2. The topological polar surface area (TPSA) is 118 Å². The van der Waals surface area contributed by atoms with Gasteiger partial charge in [-0.15, -0.1) is 0 Å². The first kappa shape index (κ1) is 29.4. The molecule has 2 aromatic carbocycles. The van der Waals surface area contributed by atoms with Crippen LogP contribution in [-0.4, -0.2) is 62.9 Å². The number of hydrogen-bond acceptors (Lipinski definition) is 8. The molecule has 40 heavy (non-hydrogen) atoms. The highest BCUT2D eigenvalue weighted by Crippen LogP contribution is 2.41. The van der Waals surface area contributed by atoms with Crippen molar-refractivity contribution in [1.29, 1.82) is 0 Å². The molecule has 1 fully saturated rings. The van der Waals surface area contributed by atoms with E-state index in [1.54, 1.807) is 31.4 Å². The molecule has 0 spiro atoms. The standard InChI is InChI=1S/C29H35ClN4O6/c1-18(9-11-24(35)39-15-14-34-13-12-31-17-34)8-10-20-26(33-29(37)32-23-7-5-4-6-22(23)30)25-21(16-40-28(25)36)19(2)27(20)38-3/h4-8,31H,9-17H2,1-3H3,(H2,32,33,37)/b18-8+. The molecule has 2 amide bonds. The lowest BCUT2D eigenvalue weighted by Gasteiger charge is -2.20. The minimum Gasteiger partial charge on any atom is -0.496 e. The van der Waals surface area contributed by atoms with Crippen LogP contribution in [0.3, 0.4) is 0 Å². The summed E-state index contributed by atoms with van der Waals surface area (Å²) in [5.74, 6) is -0.194. The number of esters is 2. The summed E-state index contributed by atoms with van der Waals surface area (Å²) in [5.41, 5.74) is 4.11. The van der Waals surface area contributed by atoms with Crippen molar-refractivity contribution < 1.29 is 28.6 Å². The zero-order valence-corrected chi connectivity index (χ0v) is 23.8. The number of carbonyl (C=O) groups excluding carboxylic acids is 3. The lowest BCUT2D eigenvalue weighted by atomic mass is 9.93. The highest BCUT2D eigenvalue weighted by atomic mass is 35.5. The number of halogens is 1. The van der Waals surface area contributed by atoms with E-state index >= 15 is 0 Å². The van der Waals surface area contributed by atoms with Gasteiger partial charge in [0, 0.05) is 43.9 Å². The van der Waals surface area contributed by atoms with Crippen molar-refractivity contribution in [2.45, 2.75) is 39.7 Å². The Morgan fingerprint density at radius 3 is 2.75 bits per heavy atom. The zero-order valence-electron chi connectivity index (χ0n) is 23.0. The Bertz CT molecular complexity index is 1310. The highest BCUT2D eigenvalue weighted by molar-refractivity contribution is 6.33. The number of ether oxygens (including phenoxy) is 3. The van der Waals surface area contributed by atoms with Crippen LogP contribution in [0.4, 0.5) is 16.2 Å². The minimum absolute atomic E-state index is 0.0999. The summed E-state index contributed by atoms with van der Waals surface area (Å²) in [6.45, 7) is 7.72. The van der Waals surface area contributed by atoms with Gasteiger partial charge < -0.3 is 30.2 Å². The Balaban J connectivity index is 1.48. The number of urea groups is 1. The van der Waals surface area contributed by atoms with Gasteiger partial charge in [-0.1, -0.05) is 35.4 Å². The third-order valence-corrected chi connectivity index (χ3v) is 7.36. The van der Waals surface area contributed by atoms with Crippen LogP contribution in [-0.2, 0) is 27.3 Å². The van der Waals surface area contributed by atoms with Gasteiger partial charge in [-0.05, 0) is 44.4 Å². The number of methoxy groups -OCH3 is 1. The third-order valence-electron chi connectivity index (χ3n) is 7.03. The molecule has 0 atom stereocenters. The molecule has 214 valence electrons. The molecular weight excluding hydrogens is 536 g/mol. The number of benzene rings is 2. The van der Waals surface area contributed by atoms with Crippen LogP contribution in [0.5, 0.6) is 5.75 Å². The summed E-state index contributed by atoms with van der Waals surface area (Å²) < 4.78 is 16.4. The van der Waals surface area contributed by atoms with E-state index in [-0.39, 0.29) is 19.0 Å². The number of cyclic esters (lactones) is 1. The summed E-state index contributed by atoms with van der Waals surface area (Å²) >= 11 is 6.20. The monoisotopic (exact) mass is 570 g/mol. The fourth-order valence-corrected chi connectivity index (χ4v) is 4.99. The van der Waals surface area contributed by atoms with Gasteiger partial charge in [0.15, 0.2) is 0 Å². The molecule has 2 heterocycles. The second kappa shape index (κ2) is 13.6. The van der Waals surface area contributed by atoms with Gasteiger partial charge in [0.05, 0.1) is 29.1 Å². The minimum atomic E-state index is -0.560. The van der Waals surface area contributed by atoms with E-state index in [2.05, 4.69) is 20.9 Å². The molecule has 0 radical (unpaired) electrons. The summed E-state index contributed by atoms with van der Waals surface area (Å²) in [6, 6.07) is 6.30. The van der Waals surface area contributed by atoms with Crippen molar-refractivity contribution in [3.05, 3.63) is 63.2 Å². The molecule has 11 heteroatoms. The molecule has 0 aliphatic carbocycles. The Labute approximate surface area is 239 Å². The summed E-state index contributed by atoms with van der Waals surface area (Å²) in [6.07, 6.45) is 3.10. The van der Waals surface area contributed by atoms with E-state index < -0.39 is 12.0 Å². The maximum atomic E-state index is 13.0. The Kier molecular flexibility index (Phi) is 10.0. The molecule has 10 nitrogen and oxygen atoms in total. The van der Waals surface area contributed by atoms with E-state index in [1.807, 2.05) is 19.9 Å². The largest absolute Gasteiger partial charge is 0.496 e. The van der Waals surface area contributed by atoms with E-state index in [1.165, 1.54) is 0 Å². The molecule has 2 aliphatic heterocycles. The second-order valence-electron chi connectivity index (χ2n) is 9.75. The number of amides is 2. The van der Waals surface area contributed by atoms with Gasteiger partial charge in [-0.25, -0.2) is 9.59 Å². The van der Waals surface area contributed by atoms with Crippen LogP contribution in [0.2, 0.25) is 5.02 Å². The molecule has 0 saturated carbocycles. The van der Waals surface area contributed by atoms with Gasteiger partial charge >= 0.3 is 18.0 Å². The molecular formula is C29H35ClN4O6. The molecule has 0 aromatic heterocycles. The Hall–Kier alpha value is -3.60. The van der Waals surface area contributed by atoms with E-state index in [0.29, 0.717) is 64.8 Å². The first-order chi connectivity index (χ1) is 19.3. The molecule has 3 N–H and O–H groups in total. The van der Waals surface area contributed by atoms with Gasteiger partial charge in [0.2, 0.25) is 0 Å². The van der Waals surface area contributed by atoms with Gasteiger partial charge in [-0.2, -0.15) is 0 Å². The van der Waals surface area contributed by atoms with Crippen LogP contribution >= 0.6 is 11.6 Å². The quantitative estimate of drug-likeness (QED) is 0.264. The van der Waals surface area contributed by atoms with Crippen LogP contribution in [0.1, 0.15) is 46.8 Å². The lowest BCUT2D eigenvalue weighted by Crippen LogP contribution is -2.27. The predicted molar refractivity (Wildman–Crippen MR) is 153 cm³/mol. The number of para-hydroxylation sites is 1. The number of hydrogen-bond donors (Lipinski definition) is 3. The highest BCUT2D eigenvalue weighted by Gasteiger charge is 2.32. The molecule has 1 saturated heterocycles. The normalized spacial score (nSPS) is 15.0. The summed E-state index contributed by atoms with van der Waals surface area (Å²) in [4.78, 5) is 40.2. The third kappa shape index (κ3) is 7.12. The second-order valence-corrected chi connectivity index (χ2v) is 10.2. The first-order valence-electron chi connectivity index (χ1n) is 13.2. The van der Waals surface area contributed by atoms with Crippen LogP contribution in [0.15, 0.2) is 35.9 Å². The number of anilines is 2. The summed E-state index contributed by atoms with van der Waals surface area (Å²) in [5, 5.41) is 9.19. The van der Waals surface area contributed by atoms with Crippen LogP contribution < -0.4 is 20.7 Å². The fraction of sp³-hybridized carbons (Fsp3) is 0.414. The van der Waals surface area contributed by atoms with Crippen molar-refractivity contribution in [3.63, 3.8) is 0 Å². The molecule has 2 aliphatic rings. The van der Waals surface area contributed by atoms with Crippen molar-refractivity contribution in [2.75, 3.05) is 50.7 Å². The zero-order chi connectivity index (χ0) is 28.6. The molecule has 4 rings (SSSR count).